The van der Waals surface area contributed by atoms with E-state index in [9.17, 15) is 19.3 Å². The summed E-state index contributed by atoms with van der Waals surface area (Å²) >= 11 is 0. The highest BCUT2D eigenvalue weighted by atomic mass is 19.1. The molecule has 2 aromatic carbocycles. The minimum Gasteiger partial charge on any atom is -0.493 e. The van der Waals surface area contributed by atoms with Crippen LogP contribution in [0.15, 0.2) is 30.3 Å². The van der Waals surface area contributed by atoms with Gasteiger partial charge < -0.3 is 19.7 Å². The predicted octanol–water partition coefficient (Wildman–Crippen LogP) is 4.77. The molecule has 3 rings (SSSR count). The monoisotopic (exact) mass is 431 g/mol. The zero-order chi connectivity index (χ0) is 22.5. The standard InChI is InChI=1S/C22H26FN3O5/c1-25(15-7-5-4-6-8-15)18-10-9-14(11-17(18)23)24-22(27)16-12-20(30-2)21(31-3)13-19(16)26(28)29/h9-13,15H,4-8H2,1-3H3,(H,24,27). The largest absolute Gasteiger partial charge is 0.493 e. The van der Waals surface area contributed by atoms with E-state index in [1.54, 1.807) is 12.1 Å². The summed E-state index contributed by atoms with van der Waals surface area (Å²) in [5.74, 6) is -0.908. The fourth-order valence-electron chi connectivity index (χ4n) is 3.94. The Morgan fingerprint density at radius 2 is 1.77 bits per heavy atom. The van der Waals surface area contributed by atoms with E-state index in [1.807, 2.05) is 11.9 Å². The molecule has 0 aliphatic heterocycles. The molecule has 31 heavy (non-hydrogen) atoms. The summed E-state index contributed by atoms with van der Waals surface area (Å²) in [5.41, 5.74) is 0.00473. The number of nitro groups is 1. The fourth-order valence-corrected chi connectivity index (χ4v) is 3.94. The van der Waals surface area contributed by atoms with Crippen LogP contribution < -0.4 is 19.7 Å². The van der Waals surface area contributed by atoms with Crippen LogP contribution in [0.3, 0.4) is 0 Å². The topological polar surface area (TPSA) is 93.9 Å². The molecular weight excluding hydrogens is 405 g/mol. The van der Waals surface area contributed by atoms with E-state index in [4.69, 9.17) is 9.47 Å². The van der Waals surface area contributed by atoms with Gasteiger partial charge in [0.25, 0.3) is 11.6 Å². The van der Waals surface area contributed by atoms with Crippen molar-refractivity contribution in [3.8, 4) is 11.5 Å². The Hall–Kier alpha value is -3.36. The van der Waals surface area contributed by atoms with Crippen LogP contribution in [0.4, 0.5) is 21.5 Å². The number of benzene rings is 2. The van der Waals surface area contributed by atoms with Gasteiger partial charge in [-0.15, -0.1) is 0 Å². The molecule has 0 bridgehead atoms. The zero-order valence-electron chi connectivity index (χ0n) is 17.8. The molecule has 9 heteroatoms. The smallest absolute Gasteiger partial charge is 0.286 e. The van der Waals surface area contributed by atoms with Gasteiger partial charge in [0.05, 0.1) is 30.9 Å². The number of anilines is 2. The van der Waals surface area contributed by atoms with Gasteiger partial charge in [0.15, 0.2) is 11.5 Å². The number of halogens is 1. The van der Waals surface area contributed by atoms with Crippen molar-refractivity contribution < 1.29 is 23.6 Å². The molecule has 1 fully saturated rings. The molecule has 0 radical (unpaired) electrons. The lowest BCUT2D eigenvalue weighted by Crippen LogP contribution is -2.33. The lowest BCUT2D eigenvalue weighted by atomic mass is 9.94. The maximum absolute atomic E-state index is 14.8. The number of nitro benzene ring substituents is 1. The first-order chi connectivity index (χ1) is 14.8. The number of ether oxygens (including phenoxy) is 2. The Morgan fingerprint density at radius 3 is 2.35 bits per heavy atom. The van der Waals surface area contributed by atoms with Gasteiger partial charge in [-0.05, 0) is 31.0 Å². The third-order valence-electron chi connectivity index (χ3n) is 5.65. The van der Waals surface area contributed by atoms with Gasteiger partial charge in [-0.3, -0.25) is 14.9 Å². The molecule has 0 unspecified atom stereocenters. The number of nitrogens with zero attached hydrogens (tertiary/aromatic N) is 2. The van der Waals surface area contributed by atoms with E-state index in [0.29, 0.717) is 5.69 Å². The van der Waals surface area contributed by atoms with Crippen molar-refractivity contribution in [2.45, 2.75) is 38.1 Å². The summed E-state index contributed by atoms with van der Waals surface area (Å²) in [6.07, 6.45) is 5.53. The Balaban J connectivity index is 1.83. The number of hydrogen-bond acceptors (Lipinski definition) is 6. The van der Waals surface area contributed by atoms with Crippen LogP contribution in [0.5, 0.6) is 11.5 Å². The maximum atomic E-state index is 14.8. The van der Waals surface area contributed by atoms with E-state index >= 15 is 0 Å². The molecule has 0 atom stereocenters. The SMILES string of the molecule is COc1cc(C(=O)Nc2ccc(N(C)C3CCCCC3)c(F)c2)c([N+](=O)[O-])cc1OC. The summed E-state index contributed by atoms with van der Waals surface area (Å²) < 4.78 is 25.0. The molecule has 1 saturated carbocycles. The highest BCUT2D eigenvalue weighted by Gasteiger charge is 2.25. The molecule has 0 saturated heterocycles. The second kappa shape index (κ2) is 9.63. The molecule has 166 valence electrons. The second-order valence-electron chi connectivity index (χ2n) is 7.50. The molecule has 2 aromatic rings. The Bertz CT molecular complexity index is 976. The van der Waals surface area contributed by atoms with Crippen molar-refractivity contribution >= 4 is 23.0 Å². The van der Waals surface area contributed by atoms with Gasteiger partial charge in [-0.25, -0.2) is 4.39 Å². The third kappa shape index (κ3) is 4.87. The molecule has 1 aliphatic rings. The Labute approximate surface area is 180 Å². The molecular formula is C22H26FN3O5. The summed E-state index contributed by atoms with van der Waals surface area (Å²) in [6, 6.07) is 7.06. The molecule has 0 heterocycles. The van der Waals surface area contributed by atoms with Crippen LogP contribution in [-0.4, -0.2) is 38.1 Å². The molecule has 8 nitrogen and oxygen atoms in total. The summed E-state index contributed by atoms with van der Waals surface area (Å²) in [5, 5.41) is 14.0. The van der Waals surface area contributed by atoms with E-state index < -0.39 is 22.3 Å². The maximum Gasteiger partial charge on any atom is 0.286 e. The van der Waals surface area contributed by atoms with Crippen molar-refractivity contribution in [2.75, 3.05) is 31.5 Å². The minimum atomic E-state index is -0.750. The second-order valence-corrected chi connectivity index (χ2v) is 7.50. The van der Waals surface area contributed by atoms with Crippen molar-refractivity contribution in [2.24, 2.45) is 0 Å². The van der Waals surface area contributed by atoms with Crippen LogP contribution in [0.2, 0.25) is 0 Å². The molecule has 1 N–H and O–H groups in total. The van der Waals surface area contributed by atoms with E-state index in [2.05, 4.69) is 5.32 Å². The van der Waals surface area contributed by atoms with Gasteiger partial charge in [-0.2, -0.15) is 0 Å². The predicted molar refractivity (Wildman–Crippen MR) is 116 cm³/mol. The molecule has 1 amide bonds. The van der Waals surface area contributed by atoms with Crippen LogP contribution in [0.1, 0.15) is 42.5 Å². The highest BCUT2D eigenvalue weighted by Crippen LogP contribution is 2.35. The van der Waals surface area contributed by atoms with Gasteiger partial charge in [-0.1, -0.05) is 19.3 Å². The van der Waals surface area contributed by atoms with Crippen molar-refractivity contribution in [1.29, 1.82) is 0 Å². The van der Waals surface area contributed by atoms with Crippen LogP contribution in [0.25, 0.3) is 0 Å². The van der Waals surface area contributed by atoms with Gasteiger partial charge >= 0.3 is 0 Å². The first-order valence-corrected chi connectivity index (χ1v) is 10.1. The van der Waals surface area contributed by atoms with Crippen LogP contribution in [-0.2, 0) is 0 Å². The average molecular weight is 431 g/mol. The number of amides is 1. The van der Waals surface area contributed by atoms with Gasteiger partial charge in [0.2, 0.25) is 0 Å². The number of hydrogen-bond donors (Lipinski definition) is 1. The summed E-state index contributed by atoms with van der Waals surface area (Å²) in [7, 11) is 4.58. The Morgan fingerprint density at radius 1 is 1.13 bits per heavy atom. The number of methoxy groups -OCH3 is 2. The van der Waals surface area contributed by atoms with Crippen molar-refractivity contribution in [3.05, 3.63) is 51.8 Å². The van der Waals surface area contributed by atoms with Gasteiger partial charge in [0, 0.05) is 24.8 Å². The molecule has 0 aromatic heterocycles. The lowest BCUT2D eigenvalue weighted by Gasteiger charge is -2.33. The normalized spacial score (nSPS) is 14.1. The Kier molecular flexibility index (Phi) is 6.94. The van der Waals surface area contributed by atoms with Crippen molar-refractivity contribution in [3.63, 3.8) is 0 Å². The van der Waals surface area contributed by atoms with Crippen LogP contribution in [0, 0.1) is 15.9 Å². The number of nitrogens with one attached hydrogen (secondary N) is 1. The zero-order valence-corrected chi connectivity index (χ0v) is 17.8. The lowest BCUT2D eigenvalue weighted by molar-refractivity contribution is -0.385. The van der Waals surface area contributed by atoms with Crippen LogP contribution >= 0.6 is 0 Å². The quantitative estimate of drug-likeness (QED) is 0.501. The van der Waals surface area contributed by atoms with E-state index in [-0.39, 0.29) is 28.8 Å². The van der Waals surface area contributed by atoms with E-state index in [1.165, 1.54) is 32.8 Å². The minimum absolute atomic E-state index is 0.131. The average Bonchev–Trinajstić information content (AvgIpc) is 2.78. The number of rotatable bonds is 7. The summed E-state index contributed by atoms with van der Waals surface area (Å²) in [4.78, 5) is 25.4. The fraction of sp³-hybridized carbons (Fsp3) is 0.409. The first kappa shape index (κ1) is 22.3. The third-order valence-corrected chi connectivity index (χ3v) is 5.65. The number of carbonyl (C=O) groups is 1. The summed E-state index contributed by atoms with van der Waals surface area (Å²) in [6.45, 7) is 0. The molecule has 0 spiro atoms. The van der Waals surface area contributed by atoms with Crippen molar-refractivity contribution in [1.82, 2.24) is 0 Å². The van der Waals surface area contributed by atoms with Gasteiger partial charge in [0.1, 0.15) is 11.4 Å². The molecule has 1 aliphatic carbocycles. The number of carbonyl (C=O) groups excluding carboxylic acids is 1. The van der Waals surface area contributed by atoms with E-state index in [0.717, 1.165) is 31.7 Å². The highest BCUT2D eigenvalue weighted by molar-refractivity contribution is 6.07. The first-order valence-electron chi connectivity index (χ1n) is 10.1.